The Kier molecular flexibility index (Phi) is 2.99. The first-order valence-corrected chi connectivity index (χ1v) is 8.90. The molecule has 1 aliphatic heterocycles. The molecule has 2 fully saturated rings. The summed E-state index contributed by atoms with van der Waals surface area (Å²) in [6, 6.07) is 18.0. The summed E-state index contributed by atoms with van der Waals surface area (Å²) in [5.74, 6) is 0.895. The normalized spacial score (nSPS) is 23.1. The summed E-state index contributed by atoms with van der Waals surface area (Å²) in [5.41, 5.74) is 5.03. The Hall–Kier alpha value is -1.87. The third-order valence-corrected chi connectivity index (χ3v) is 5.80. The number of rotatable bonds is 2. The predicted octanol–water partition coefficient (Wildman–Crippen LogP) is 5.11. The molecule has 1 saturated heterocycles. The van der Waals surface area contributed by atoms with Gasteiger partial charge in [0.15, 0.2) is 0 Å². The topological polar surface area (TPSA) is 19.0 Å². The van der Waals surface area contributed by atoms with Crippen LogP contribution in [-0.2, 0) is 0 Å². The second-order valence-electron chi connectivity index (χ2n) is 6.96. The van der Waals surface area contributed by atoms with E-state index in [2.05, 4.69) is 71.0 Å². The third kappa shape index (κ3) is 2.18. The summed E-state index contributed by atoms with van der Waals surface area (Å²) >= 11 is 4.58. The minimum absolute atomic E-state index is 0.730. The van der Waals surface area contributed by atoms with Gasteiger partial charge in [-0.25, -0.2) is 0 Å². The second-order valence-corrected chi connectivity index (χ2v) is 7.47. The number of benzene rings is 2. The molecule has 2 nitrogen and oxygen atoms in total. The summed E-state index contributed by atoms with van der Waals surface area (Å²) in [6.45, 7) is 1.21. The monoisotopic (exact) mass is 320 g/mol. The fourth-order valence-electron chi connectivity index (χ4n) is 4.43. The van der Waals surface area contributed by atoms with Gasteiger partial charge in [-0.1, -0.05) is 18.2 Å². The number of aromatic amines is 1. The lowest BCUT2D eigenvalue weighted by Crippen LogP contribution is -2.32. The zero-order valence-electron chi connectivity index (χ0n) is 13.0. The smallest absolute Gasteiger partial charge is 0.0486 e. The van der Waals surface area contributed by atoms with E-state index < -0.39 is 0 Å². The van der Waals surface area contributed by atoms with E-state index in [1.165, 1.54) is 53.7 Å². The molecular weight excluding hydrogens is 300 g/mol. The molecule has 1 aliphatic carbocycles. The van der Waals surface area contributed by atoms with Gasteiger partial charge in [0.2, 0.25) is 0 Å². The number of thiol groups is 1. The molecule has 116 valence electrons. The number of hydrogen-bond donors (Lipinski definition) is 2. The molecule has 1 N–H and O–H groups in total. The number of piperidine rings is 1. The molecule has 3 aromatic rings. The Bertz CT molecular complexity index is 849. The molecule has 5 rings (SSSR count). The second kappa shape index (κ2) is 5.07. The molecule has 2 bridgehead atoms. The van der Waals surface area contributed by atoms with Gasteiger partial charge in [-0.15, -0.1) is 12.6 Å². The molecule has 1 saturated carbocycles. The van der Waals surface area contributed by atoms with Crippen LogP contribution in [-0.4, -0.2) is 17.6 Å². The van der Waals surface area contributed by atoms with Gasteiger partial charge < -0.3 is 9.88 Å². The summed E-state index contributed by atoms with van der Waals surface area (Å²) in [6.07, 6.45) is 4.13. The Labute approximate surface area is 141 Å². The van der Waals surface area contributed by atoms with E-state index in [9.17, 15) is 0 Å². The largest absolute Gasteiger partial charge is 0.368 e. The molecular formula is C20H20N2S. The fourth-order valence-corrected chi connectivity index (χ4v) is 4.63. The van der Waals surface area contributed by atoms with Crippen LogP contribution in [0.1, 0.15) is 19.3 Å². The van der Waals surface area contributed by atoms with Gasteiger partial charge in [0.25, 0.3) is 0 Å². The van der Waals surface area contributed by atoms with Gasteiger partial charge in [-0.05, 0) is 55.5 Å². The van der Waals surface area contributed by atoms with E-state index in [1.807, 2.05) is 0 Å². The fraction of sp³-hybridized carbons (Fsp3) is 0.300. The highest BCUT2D eigenvalue weighted by molar-refractivity contribution is 7.80. The van der Waals surface area contributed by atoms with Gasteiger partial charge in [-0.2, -0.15) is 0 Å². The number of anilines is 1. The highest BCUT2D eigenvalue weighted by Crippen LogP contribution is 2.44. The number of para-hydroxylation sites is 1. The van der Waals surface area contributed by atoms with E-state index in [0.29, 0.717) is 0 Å². The lowest BCUT2D eigenvalue weighted by molar-refractivity contribution is 0.554. The first kappa shape index (κ1) is 13.6. The minimum Gasteiger partial charge on any atom is -0.368 e. The number of aromatic nitrogens is 1. The Morgan fingerprint density at radius 2 is 1.96 bits per heavy atom. The van der Waals surface area contributed by atoms with E-state index in [0.717, 1.165) is 16.9 Å². The van der Waals surface area contributed by atoms with Crippen molar-refractivity contribution in [2.24, 2.45) is 5.92 Å². The van der Waals surface area contributed by atoms with Crippen molar-refractivity contribution in [1.82, 2.24) is 4.98 Å². The van der Waals surface area contributed by atoms with Crippen LogP contribution in [0.15, 0.2) is 53.4 Å². The predicted molar refractivity (Wildman–Crippen MR) is 99.5 cm³/mol. The lowest BCUT2D eigenvalue weighted by atomic mass is 10.0. The number of H-pyrrole nitrogens is 1. The highest BCUT2D eigenvalue weighted by atomic mass is 32.1. The maximum absolute atomic E-state index is 4.58. The minimum atomic E-state index is 0.730. The van der Waals surface area contributed by atoms with Crippen molar-refractivity contribution in [3.8, 4) is 11.3 Å². The van der Waals surface area contributed by atoms with Gasteiger partial charge >= 0.3 is 0 Å². The average Bonchev–Trinajstić information content (AvgIpc) is 3.29. The third-order valence-electron chi connectivity index (χ3n) is 5.52. The summed E-state index contributed by atoms with van der Waals surface area (Å²) in [5, 5.41) is 1.26. The van der Waals surface area contributed by atoms with E-state index in [-0.39, 0.29) is 0 Å². The number of nitrogens with one attached hydrogen (secondary N) is 1. The molecule has 0 amide bonds. The van der Waals surface area contributed by atoms with Gasteiger partial charge in [-0.3, -0.25) is 0 Å². The van der Waals surface area contributed by atoms with Crippen LogP contribution in [0, 0.1) is 5.92 Å². The van der Waals surface area contributed by atoms with Crippen molar-refractivity contribution in [3.63, 3.8) is 0 Å². The first-order chi connectivity index (χ1) is 11.3. The van der Waals surface area contributed by atoms with Crippen molar-refractivity contribution in [2.75, 3.05) is 11.4 Å². The zero-order chi connectivity index (χ0) is 15.4. The standard InChI is InChI=1S/C20H20N2S/c23-16-7-8-20(22-12-13-5-6-15(22)9-13)17(11-16)19-10-14-3-1-2-4-18(14)21-19/h1-4,7-8,10-11,13,15,21,23H,5-6,9,12H2. The quantitative estimate of drug-likeness (QED) is 0.628. The van der Waals surface area contributed by atoms with E-state index in [4.69, 9.17) is 0 Å². The lowest BCUT2D eigenvalue weighted by Gasteiger charge is -2.31. The summed E-state index contributed by atoms with van der Waals surface area (Å²) < 4.78 is 0. The van der Waals surface area contributed by atoms with Crippen LogP contribution in [0.3, 0.4) is 0 Å². The Balaban J connectivity index is 1.65. The van der Waals surface area contributed by atoms with Gasteiger partial charge in [0.1, 0.15) is 0 Å². The van der Waals surface area contributed by atoms with E-state index >= 15 is 0 Å². The van der Waals surface area contributed by atoms with Crippen LogP contribution in [0.2, 0.25) is 0 Å². The Morgan fingerprint density at radius 1 is 1.04 bits per heavy atom. The van der Waals surface area contributed by atoms with Crippen molar-refractivity contribution < 1.29 is 0 Å². The van der Waals surface area contributed by atoms with Gasteiger partial charge in [0, 0.05) is 45.3 Å². The van der Waals surface area contributed by atoms with Crippen molar-refractivity contribution in [3.05, 3.63) is 48.5 Å². The molecule has 23 heavy (non-hydrogen) atoms. The van der Waals surface area contributed by atoms with Crippen molar-refractivity contribution >= 4 is 29.2 Å². The number of hydrogen-bond acceptors (Lipinski definition) is 2. The Morgan fingerprint density at radius 3 is 2.74 bits per heavy atom. The van der Waals surface area contributed by atoms with Crippen molar-refractivity contribution in [2.45, 2.75) is 30.2 Å². The van der Waals surface area contributed by atoms with Crippen LogP contribution < -0.4 is 4.90 Å². The SMILES string of the molecule is Sc1ccc(N2CC3CCC2C3)c(-c2cc3ccccc3[nH]2)c1. The average molecular weight is 320 g/mol. The van der Waals surface area contributed by atoms with Crippen LogP contribution >= 0.6 is 12.6 Å². The highest BCUT2D eigenvalue weighted by Gasteiger charge is 2.38. The maximum atomic E-state index is 4.58. The number of fused-ring (bicyclic) bond motifs is 3. The summed E-state index contributed by atoms with van der Waals surface area (Å²) in [7, 11) is 0. The van der Waals surface area contributed by atoms with Crippen LogP contribution in [0.25, 0.3) is 22.2 Å². The molecule has 0 radical (unpaired) electrons. The molecule has 3 heteroatoms. The van der Waals surface area contributed by atoms with Crippen molar-refractivity contribution in [1.29, 1.82) is 0 Å². The molecule has 2 atom stereocenters. The van der Waals surface area contributed by atoms with Gasteiger partial charge in [0.05, 0.1) is 0 Å². The molecule has 2 unspecified atom stereocenters. The molecule has 0 spiro atoms. The van der Waals surface area contributed by atoms with E-state index in [1.54, 1.807) is 0 Å². The summed E-state index contributed by atoms with van der Waals surface area (Å²) in [4.78, 5) is 7.23. The molecule has 2 aliphatic rings. The zero-order valence-corrected chi connectivity index (χ0v) is 13.9. The molecule has 1 aromatic heterocycles. The maximum Gasteiger partial charge on any atom is 0.0486 e. The first-order valence-electron chi connectivity index (χ1n) is 8.46. The number of nitrogens with zero attached hydrogens (tertiary/aromatic N) is 1. The van der Waals surface area contributed by atoms with Crippen LogP contribution in [0.5, 0.6) is 0 Å². The molecule has 2 aromatic carbocycles. The molecule has 2 heterocycles. The van der Waals surface area contributed by atoms with Crippen LogP contribution in [0.4, 0.5) is 5.69 Å².